The van der Waals surface area contributed by atoms with Crippen LogP contribution in [0.4, 0.5) is 0 Å². The summed E-state index contributed by atoms with van der Waals surface area (Å²) in [6.07, 6.45) is 0.877. The predicted molar refractivity (Wildman–Crippen MR) is 109 cm³/mol. The molecule has 0 saturated heterocycles. The topological polar surface area (TPSA) is 48.0 Å². The van der Waals surface area contributed by atoms with E-state index in [0.717, 1.165) is 6.42 Å². The second kappa shape index (κ2) is 7.14. The van der Waals surface area contributed by atoms with E-state index in [0.29, 0.717) is 42.6 Å². The molecule has 5 nitrogen and oxygen atoms in total. The highest BCUT2D eigenvalue weighted by atomic mass is 32.1. The molecular weight excluding hydrogens is 394 g/mol. The van der Waals surface area contributed by atoms with Crippen LogP contribution in [-0.4, -0.2) is 37.7 Å². The minimum Gasteiger partial charge on any atom is -0.493 e. The average molecular weight is 414 g/mol. The monoisotopic (exact) mass is 413 g/mol. The minimum atomic E-state index is -0.0540. The van der Waals surface area contributed by atoms with Gasteiger partial charge < -0.3 is 19.1 Å². The molecule has 1 atom stereocenters. The highest BCUT2D eigenvalue weighted by Gasteiger charge is 2.34. The van der Waals surface area contributed by atoms with Gasteiger partial charge in [0, 0.05) is 21.9 Å². The average Bonchev–Trinajstić information content (AvgIpc) is 3.43. The van der Waals surface area contributed by atoms with Gasteiger partial charge in [0.1, 0.15) is 13.2 Å². The van der Waals surface area contributed by atoms with E-state index in [4.69, 9.17) is 14.2 Å². The van der Waals surface area contributed by atoms with E-state index in [9.17, 15) is 4.79 Å². The van der Waals surface area contributed by atoms with Crippen LogP contribution in [0.1, 0.15) is 31.7 Å². The summed E-state index contributed by atoms with van der Waals surface area (Å²) in [4.78, 5) is 18.1. The summed E-state index contributed by atoms with van der Waals surface area (Å²) in [6, 6.07) is 9.76. The minimum absolute atomic E-state index is 0.0227. The van der Waals surface area contributed by atoms with Crippen molar-refractivity contribution in [3.8, 4) is 17.2 Å². The van der Waals surface area contributed by atoms with Crippen molar-refractivity contribution in [3.63, 3.8) is 0 Å². The van der Waals surface area contributed by atoms with Gasteiger partial charge in [-0.05, 0) is 47.0 Å². The maximum Gasteiger partial charge on any atom is 0.254 e. The van der Waals surface area contributed by atoms with Gasteiger partial charge in [0.05, 0.1) is 13.2 Å². The molecule has 144 valence electrons. The Labute approximate surface area is 171 Å². The zero-order valence-electron chi connectivity index (χ0n) is 15.3. The fourth-order valence-electron chi connectivity index (χ4n) is 3.85. The molecular formula is C21H19NO4S2. The fraction of sp³-hybridized carbons (Fsp3) is 0.286. The summed E-state index contributed by atoms with van der Waals surface area (Å²) in [5, 5.41) is 4.18. The molecule has 2 aliphatic rings. The third kappa shape index (κ3) is 2.86. The van der Waals surface area contributed by atoms with E-state index in [1.807, 2.05) is 11.0 Å². The van der Waals surface area contributed by atoms with E-state index in [1.54, 1.807) is 41.9 Å². The molecule has 0 N–H and O–H groups in total. The van der Waals surface area contributed by atoms with Gasteiger partial charge in [-0.15, -0.1) is 22.7 Å². The molecule has 7 heteroatoms. The molecule has 0 saturated carbocycles. The molecule has 1 aromatic carbocycles. The van der Waals surface area contributed by atoms with Gasteiger partial charge in [0.2, 0.25) is 5.75 Å². The number of benzene rings is 1. The van der Waals surface area contributed by atoms with Crippen LogP contribution in [-0.2, 0) is 6.42 Å². The highest BCUT2D eigenvalue weighted by Crippen LogP contribution is 2.43. The molecule has 2 aromatic heterocycles. The van der Waals surface area contributed by atoms with Gasteiger partial charge in [-0.25, -0.2) is 0 Å². The first-order chi connectivity index (χ1) is 13.8. The predicted octanol–water partition coefficient (Wildman–Crippen LogP) is 4.38. The molecule has 1 amide bonds. The number of methoxy groups -OCH3 is 1. The van der Waals surface area contributed by atoms with Crippen LogP contribution in [0, 0.1) is 0 Å². The van der Waals surface area contributed by atoms with E-state index in [1.165, 1.54) is 15.3 Å². The maximum absolute atomic E-state index is 13.6. The maximum atomic E-state index is 13.6. The third-order valence-electron chi connectivity index (χ3n) is 5.11. The van der Waals surface area contributed by atoms with Gasteiger partial charge in [-0.2, -0.15) is 0 Å². The Balaban J connectivity index is 1.56. The van der Waals surface area contributed by atoms with E-state index < -0.39 is 0 Å². The first-order valence-corrected chi connectivity index (χ1v) is 10.9. The van der Waals surface area contributed by atoms with E-state index in [-0.39, 0.29) is 11.9 Å². The number of hydrogen-bond acceptors (Lipinski definition) is 6. The zero-order chi connectivity index (χ0) is 19.1. The van der Waals surface area contributed by atoms with Crippen molar-refractivity contribution in [2.45, 2.75) is 12.5 Å². The van der Waals surface area contributed by atoms with E-state index >= 15 is 0 Å². The first kappa shape index (κ1) is 17.6. The molecule has 28 heavy (non-hydrogen) atoms. The Morgan fingerprint density at radius 3 is 2.89 bits per heavy atom. The normalized spacial score (nSPS) is 17.9. The molecule has 3 aromatic rings. The molecule has 5 rings (SSSR count). The second-order valence-corrected chi connectivity index (χ2v) is 8.65. The van der Waals surface area contributed by atoms with E-state index in [2.05, 4.69) is 22.9 Å². The Bertz CT molecular complexity index is 994. The smallest absolute Gasteiger partial charge is 0.254 e. The SMILES string of the molecule is COc1cc(C(=O)N2CCc3sccc3C2c2cccs2)cc2c1OCCO2. The van der Waals surface area contributed by atoms with Crippen molar-refractivity contribution in [2.75, 3.05) is 26.9 Å². The molecule has 4 heterocycles. The largest absolute Gasteiger partial charge is 0.493 e. The van der Waals surface area contributed by atoms with Crippen LogP contribution in [0.15, 0.2) is 41.1 Å². The molecule has 0 radical (unpaired) electrons. The highest BCUT2D eigenvalue weighted by molar-refractivity contribution is 7.10. The number of amides is 1. The lowest BCUT2D eigenvalue weighted by molar-refractivity contribution is 0.0697. The lowest BCUT2D eigenvalue weighted by Crippen LogP contribution is -2.39. The van der Waals surface area contributed by atoms with Crippen LogP contribution >= 0.6 is 22.7 Å². The molecule has 0 fully saturated rings. The number of carbonyl (C=O) groups is 1. The lowest BCUT2D eigenvalue weighted by Gasteiger charge is -2.35. The quantitative estimate of drug-likeness (QED) is 0.639. The van der Waals surface area contributed by atoms with Gasteiger partial charge in [0.25, 0.3) is 5.91 Å². The van der Waals surface area contributed by atoms with Gasteiger partial charge >= 0.3 is 0 Å². The van der Waals surface area contributed by atoms with Crippen LogP contribution in [0.2, 0.25) is 0 Å². The van der Waals surface area contributed by atoms with Crippen LogP contribution in [0.25, 0.3) is 0 Å². The molecule has 0 bridgehead atoms. The van der Waals surface area contributed by atoms with Crippen molar-refractivity contribution in [1.82, 2.24) is 4.90 Å². The van der Waals surface area contributed by atoms with Crippen molar-refractivity contribution < 1.29 is 19.0 Å². The summed E-state index contributed by atoms with van der Waals surface area (Å²) in [7, 11) is 1.58. The number of fused-ring (bicyclic) bond motifs is 2. The number of hydrogen-bond donors (Lipinski definition) is 0. The van der Waals surface area contributed by atoms with Crippen molar-refractivity contribution in [2.24, 2.45) is 0 Å². The summed E-state index contributed by atoms with van der Waals surface area (Å²) >= 11 is 3.46. The number of ether oxygens (including phenoxy) is 3. The number of thiophene rings is 2. The Hall–Kier alpha value is -2.51. The summed E-state index contributed by atoms with van der Waals surface area (Å²) in [5.74, 6) is 1.64. The number of nitrogens with zero attached hydrogens (tertiary/aromatic N) is 1. The summed E-state index contributed by atoms with van der Waals surface area (Å²) in [6.45, 7) is 1.63. The molecule has 2 aliphatic heterocycles. The van der Waals surface area contributed by atoms with Crippen LogP contribution < -0.4 is 14.2 Å². The molecule has 1 unspecified atom stereocenters. The zero-order valence-corrected chi connectivity index (χ0v) is 17.0. The summed E-state index contributed by atoms with van der Waals surface area (Å²) in [5.41, 5.74) is 1.79. The Morgan fingerprint density at radius 2 is 2.07 bits per heavy atom. The number of rotatable bonds is 3. The number of carbonyl (C=O) groups excluding carboxylic acids is 1. The molecule has 0 aliphatic carbocycles. The Kier molecular flexibility index (Phi) is 4.49. The van der Waals surface area contributed by atoms with Gasteiger partial charge in [-0.1, -0.05) is 6.07 Å². The standard InChI is InChI=1S/C21H19NO4S2/c1-24-15-11-13(12-16-20(15)26-8-7-25-16)21(23)22-6-4-17-14(5-10-28-17)19(22)18-3-2-9-27-18/h2-3,5,9-12,19H,4,6-8H2,1H3. The summed E-state index contributed by atoms with van der Waals surface area (Å²) < 4.78 is 16.8. The van der Waals surface area contributed by atoms with Gasteiger partial charge in [0.15, 0.2) is 11.5 Å². The van der Waals surface area contributed by atoms with Crippen molar-refractivity contribution >= 4 is 28.6 Å². The third-order valence-corrected chi connectivity index (χ3v) is 7.04. The Morgan fingerprint density at radius 1 is 1.18 bits per heavy atom. The van der Waals surface area contributed by atoms with Crippen LogP contribution in [0.5, 0.6) is 17.2 Å². The van der Waals surface area contributed by atoms with Crippen molar-refractivity contribution in [1.29, 1.82) is 0 Å². The van der Waals surface area contributed by atoms with Gasteiger partial charge in [-0.3, -0.25) is 4.79 Å². The molecule has 0 spiro atoms. The lowest BCUT2D eigenvalue weighted by atomic mass is 9.97. The van der Waals surface area contributed by atoms with Crippen molar-refractivity contribution in [3.05, 3.63) is 62.0 Å². The second-order valence-electron chi connectivity index (χ2n) is 6.67. The first-order valence-electron chi connectivity index (χ1n) is 9.14. The van der Waals surface area contributed by atoms with Crippen LogP contribution in [0.3, 0.4) is 0 Å². The fourth-order valence-corrected chi connectivity index (χ4v) is 5.61.